The van der Waals surface area contributed by atoms with E-state index < -0.39 is 0 Å². The van der Waals surface area contributed by atoms with Crippen molar-refractivity contribution >= 4 is 0 Å². The summed E-state index contributed by atoms with van der Waals surface area (Å²) in [6, 6.07) is 0. The van der Waals surface area contributed by atoms with Gasteiger partial charge in [-0.15, -0.1) is 0 Å². The largest absolute Gasteiger partial charge is 0.396 e. The fourth-order valence-electron chi connectivity index (χ4n) is 1.33. The summed E-state index contributed by atoms with van der Waals surface area (Å²) in [6.07, 6.45) is 1.23. The Morgan fingerprint density at radius 1 is 1.17 bits per heavy atom. The van der Waals surface area contributed by atoms with Crippen molar-refractivity contribution in [3.05, 3.63) is 0 Å². The molecule has 2 unspecified atom stereocenters. The van der Waals surface area contributed by atoms with Crippen LogP contribution < -0.4 is 0 Å². The normalized spacial score (nSPS) is 16.5. The van der Waals surface area contributed by atoms with Crippen molar-refractivity contribution in [3.8, 4) is 0 Å². The second-order valence-electron chi connectivity index (χ2n) is 4.02. The first-order chi connectivity index (χ1) is 5.60. The van der Waals surface area contributed by atoms with E-state index in [1.165, 1.54) is 6.42 Å². The van der Waals surface area contributed by atoms with Crippen molar-refractivity contribution in [1.29, 1.82) is 0 Å². The molecule has 0 fully saturated rings. The summed E-state index contributed by atoms with van der Waals surface area (Å²) in [5.74, 6) is 1.17. The van der Waals surface area contributed by atoms with Crippen molar-refractivity contribution < 1.29 is 5.11 Å². The molecule has 0 aliphatic rings. The smallest absolute Gasteiger partial charge is 0.0468 e. The highest BCUT2D eigenvalue weighted by Crippen LogP contribution is 2.04. The molecule has 2 heteroatoms. The van der Waals surface area contributed by atoms with E-state index in [0.717, 1.165) is 19.0 Å². The molecule has 0 rings (SSSR count). The van der Waals surface area contributed by atoms with Gasteiger partial charge in [0, 0.05) is 19.7 Å². The minimum Gasteiger partial charge on any atom is -0.396 e. The summed E-state index contributed by atoms with van der Waals surface area (Å²) in [5.41, 5.74) is 0. The molecule has 0 aliphatic heterocycles. The Bertz CT molecular complexity index is 94.0. The maximum atomic E-state index is 8.85. The molecular formula is C10H23NO. The van der Waals surface area contributed by atoms with Crippen LogP contribution in [0.15, 0.2) is 0 Å². The molecule has 0 bridgehead atoms. The first-order valence-electron chi connectivity index (χ1n) is 4.89. The Hall–Kier alpha value is -0.0800. The van der Waals surface area contributed by atoms with Gasteiger partial charge in [0.1, 0.15) is 0 Å². The van der Waals surface area contributed by atoms with E-state index >= 15 is 0 Å². The van der Waals surface area contributed by atoms with Gasteiger partial charge in [-0.25, -0.2) is 0 Å². The molecule has 74 valence electrons. The average Bonchev–Trinajstić information content (AvgIpc) is 2.03. The Morgan fingerprint density at radius 2 is 1.67 bits per heavy atom. The zero-order valence-corrected chi connectivity index (χ0v) is 8.88. The quantitative estimate of drug-likeness (QED) is 0.659. The molecule has 0 radical (unpaired) electrons. The molecular weight excluding hydrogens is 150 g/mol. The minimum atomic E-state index is 0.296. The standard InChI is InChI=1S/C10H23NO/c1-5-9(2)6-11(4)7-10(3)8-12/h9-10,12H,5-8H2,1-4H3. The maximum Gasteiger partial charge on any atom is 0.0468 e. The van der Waals surface area contributed by atoms with Crippen LogP contribution in [0.5, 0.6) is 0 Å². The van der Waals surface area contributed by atoms with Gasteiger partial charge >= 0.3 is 0 Å². The fraction of sp³-hybridized carbons (Fsp3) is 1.00. The highest BCUT2D eigenvalue weighted by molar-refractivity contribution is 4.60. The summed E-state index contributed by atoms with van der Waals surface area (Å²) in [4.78, 5) is 2.30. The summed E-state index contributed by atoms with van der Waals surface area (Å²) in [6.45, 7) is 8.99. The molecule has 0 amide bonds. The van der Waals surface area contributed by atoms with Crippen molar-refractivity contribution in [3.63, 3.8) is 0 Å². The van der Waals surface area contributed by atoms with Gasteiger partial charge in [0.15, 0.2) is 0 Å². The predicted octanol–water partition coefficient (Wildman–Crippen LogP) is 1.59. The lowest BCUT2D eigenvalue weighted by Crippen LogP contribution is -2.29. The topological polar surface area (TPSA) is 23.5 Å². The molecule has 0 aromatic rings. The molecule has 0 heterocycles. The van der Waals surface area contributed by atoms with Gasteiger partial charge in [-0.2, -0.15) is 0 Å². The Balaban J connectivity index is 3.51. The first-order valence-corrected chi connectivity index (χ1v) is 4.89. The van der Waals surface area contributed by atoms with Crippen LogP contribution in [0.1, 0.15) is 27.2 Å². The van der Waals surface area contributed by atoms with E-state index in [-0.39, 0.29) is 0 Å². The molecule has 2 atom stereocenters. The number of hydrogen-bond acceptors (Lipinski definition) is 2. The lowest BCUT2D eigenvalue weighted by molar-refractivity contribution is 0.179. The Morgan fingerprint density at radius 3 is 2.08 bits per heavy atom. The molecule has 0 aromatic heterocycles. The number of aliphatic hydroxyl groups excluding tert-OH is 1. The van der Waals surface area contributed by atoms with Crippen molar-refractivity contribution in [2.75, 3.05) is 26.7 Å². The number of hydrogen-bond donors (Lipinski definition) is 1. The zero-order valence-electron chi connectivity index (χ0n) is 8.88. The van der Waals surface area contributed by atoms with E-state index in [4.69, 9.17) is 5.11 Å². The summed E-state index contributed by atoms with van der Waals surface area (Å²) >= 11 is 0. The monoisotopic (exact) mass is 173 g/mol. The van der Waals surface area contributed by atoms with Gasteiger partial charge in [-0.1, -0.05) is 27.2 Å². The summed E-state index contributed by atoms with van der Waals surface area (Å²) < 4.78 is 0. The zero-order chi connectivity index (χ0) is 9.56. The van der Waals surface area contributed by atoms with Crippen LogP contribution in [0.25, 0.3) is 0 Å². The maximum absolute atomic E-state index is 8.85. The van der Waals surface area contributed by atoms with Gasteiger partial charge in [-0.3, -0.25) is 0 Å². The Kier molecular flexibility index (Phi) is 6.39. The van der Waals surface area contributed by atoms with Gasteiger partial charge in [-0.05, 0) is 18.9 Å². The van der Waals surface area contributed by atoms with Crippen LogP contribution in [0.4, 0.5) is 0 Å². The second kappa shape index (κ2) is 6.44. The molecule has 0 spiro atoms. The van der Waals surface area contributed by atoms with Gasteiger partial charge in [0.25, 0.3) is 0 Å². The highest BCUT2D eigenvalue weighted by atomic mass is 16.3. The summed E-state index contributed by atoms with van der Waals surface area (Å²) in [7, 11) is 2.12. The van der Waals surface area contributed by atoms with Gasteiger partial charge < -0.3 is 10.0 Å². The third-order valence-corrected chi connectivity index (χ3v) is 2.26. The summed E-state index contributed by atoms with van der Waals surface area (Å²) in [5, 5.41) is 8.85. The molecule has 0 aromatic carbocycles. The van der Waals surface area contributed by atoms with E-state index in [9.17, 15) is 0 Å². The molecule has 0 saturated heterocycles. The fourth-order valence-corrected chi connectivity index (χ4v) is 1.33. The Labute approximate surface area is 76.6 Å². The SMILES string of the molecule is CCC(C)CN(C)CC(C)CO. The molecule has 0 saturated carbocycles. The van der Waals surface area contributed by atoms with Crippen LogP contribution in [0.3, 0.4) is 0 Å². The van der Waals surface area contributed by atoms with Crippen molar-refractivity contribution in [1.82, 2.24) is 4.90 Å². The predicted molar refractivity (Wildman–Crippen MR) is 53.2 cm³/mol. The number of aliphatic hydroxyl groups is 1. The second-order valence-corrected chi connectivity index (χ2v) is 4.02. The van der Waals surface area contributed by atoms with Crippen LogP contribution in [-0.2, 0) is 0 Å². The van der Waals surface area contributed by atoms with E-state index in [1.807, 2.05) is 0 Å². The van der Waals surface area contributed by atoms with Gasteiger partial charge in [0.05, 0.1) is 0 Å². The van der Waals surface area contributed by atoms with E-state index in [1.54, 1.807) is 0 Å². The van der Waals surface area contributed by atoms with Crippen LogP contribution in [0, 0.1) is 11.8 Å². The highest BCUT2D eigenvalue weighted by Gasteiger charge is 2.07. The molecule has 1 N–H and O–H groups in total. The first kappa shape index (κ1) is 11.9. The third kappa shape index (κ3) is 5.56. The molecule has 12 heavy (non-hydrogen) atoms. The van der Waals surface area contributed by atoms with Crippen molar-refractivity contribution in [2.45, 2.75) is 27.2 Å². The third-order valence-electron chi connectivity index (χ3n) is 2.26. The van der Waals surface area contributed by atoms with Crippen LogP contribution in [-0.4, -0.2) is 36.8 Å². The van der Waals surface area contributed by atoms with Crippen LogP contribution >= 0.6 is 0 Å². The van der Waals surface area contributed by atoms with E-state index in [0.29, 0.717) is 12.5 Å². The average molecular weight is 173 g/mol. The molecule has 0 aliphatic carbocycles. The van der Waals surface area contributed by atoms with Gasteiger partial charge in [0.2, 0.25) is 0 Å². The molecule has 2 nitrogen and oxygen atoms in total. The van der Waals surface area contributed by atoms with Crippen LogP contribution in [0.2, 0.25) is 0 Å². The minimum absolute atomic E-state index is 0.296. The number of rotatable bonds is 6. The van der Waals surface area contributed by atoms with E-state index in [2.05, 4.69) is 32.7 Å². The number of nitrogens with zero attached hydrogens (tertiary/aromatic N) is 1. The van der Waals surface area contributed by atoms with Crippen molar-refractivity contribution in [2.24, 2.45) is 11.8 Å². The lowest BCUT2D eigenvalue weighted by atomic mass is 10.1. The lowest BCUT2D eigenvalue weighted by Gasteiger charge is -2.22.